The topological polar surface area (TPSA) is 68.0 Å². The molecule has 0 spiro atoms. The van der Waals surface area contributed by atoms with Crippen LogP contribution in [0.3, 0.4) is 0 Å². The first-order valence-corrected chi connectivity index (χ1v) is 6.50. The lowest BCUT2D eigenvalue weighted by atomic mass is 10.3. The summed E-state index contributed by atoms with van der Waals surface area (Å²) in [6.07, 6.45) is 7.42. The third-order valence-corrected chi connectivity index (χ3v) is 2.96. The van der Waals surface area contributed by atoms with Gasteiger partial charge in [0.15, 0.2) is 5.65 Å². The van der Waals surface area contributed by atoms with Gasteiger partial charge in [-0.25, -0.2) is 9.50 Å². The second-order valence-electron chi connectivity index (χ2n) is 4.80. The lowest BCUT2D eigenvalue weighted by Crippen LogP contribution is -2.14. The second-order valence-corrected chi connectivity index (χ2v) is 4.80. The molecule has 3 aromatic rings. The van der Waals surface area contributed by atoms with Crippen molar-refractivity contribution in [3.05, 3.63) is 53.5 Å². The van der Waals surface area contributed by atoms with E-state index >= 15 is 0 Å². The lowest BCUT2D eigenvalue weighted by molar-refractivity contribution is 0.669. The number of hydrogen-bond acceptors (Lipinski definition) is 5. The van der Waals surface area contributed by atoms with Crippen LogP contribution in [0, 0.1) is 13.8 Å². The van der Waals surface area contributed by atoms with Gasteiger partial charge in [-0.2, -0.15) is 5.10 Å². The van der Waals surface area contributed by atoms with Gasteiger partial charge in [0.1, 0.15) is 0 Å². The molecular formula is C14H16N6. The standard InChI is InChI=1S/C14H16N6/c1-10-3-14-18-6-12(9-20(14)19-10)5-15-7-13-8-16-11(2)4-17-13/h3-4,6,8-9,15H,5,7H2,1-2H3. The number of fused-ring (bicyclic) bond motifs is 1. The SMILES string of the molecule is Cc1cnc(CNCc2cnc3cc(C)nn3c2)cn1. The van der Waals surface area contributed by atoms with Crippen molar-refractivity contribution < 1.29 is 0 Å². The van der Waals surface area contributed by atoms with E-state index < -0.39 is 0 Å². The summed E-state index contributed by atoms with van der Waals surface area (Å²) in [5.41, 5.74) is 4.78. The molecule has 20 heavy (non-hydrogen) atoms. The molecule has 102 valence electrons. The molecule has 0 saturated heterocycles. The molecule has 0 aliphatic carbocycles. The maximum atomic E-state index is 4.37. The van der Waals surface area contributed by atoms with Crippen molar-refractivity contribution in [3.8, 4) is 0 Å². The lowest BCUT2D eigenvalue weighted by Gasteiger charge is -2.04. The number of aryl methyl sites for hydroxylation is 2. The summed E-state index contributed by atoms with van der Waals surface area (Å²) in [7, 11) is 0. The third-order valence-electron chi connectivity index (χ3n) is 2.96. The number of aromatic nitrogens is 5. The van der Waals surface area contributed by atoms with Crippen LogP contribution in [0.5, 0.6) is 0 Å². The largest absolute Gasteiger partial charge is 0.307 e. The molecule has 0 radical (unpaired) electrons. The molecular weight excluding hydrogens is 252 g/mol. The average molecular weight is 268 g/mol. The predicted molar refractivity (Wildman–Crippen MR) is 75.0 cm³/mol. The Balaban J connectivity index is 1.63. The molecule has 0 fully saturated rings. The van der Waals surface area contributed by atoms with Crippen molar-refractivity contribution in [2.75, 3.05) is 0 Å². The van der Waals surface area contributed by atoms with E-state index in [4.69, 9.17) is 0 Å². The quantitative estimate of drug-likeness (QED) is 0.775. The van der Waals surface area contributed by atoms with Crippen molar-refractivity contribution in [2.24, 2.45) is 0 Å². The first-order valence-electron chi connectivity index (χ1n) is 6.50. The molecule has 1 N–H and O–H groups in total. The molecule has 0 bridgehead atoms. The first-order chi connectivity index (χ1) is 9.70. The van der Waals surface area contributed by atoms with Crippen molar-refractivity contribution in [3.63, 3.8) is 0 Å². The van der Waals surface area contributed by atoms with Crippen molar-refractivity contribution >= 4 is 5.65 Å². The molecule has 0 atom stereocenters. The van der Waals surface area contributed by atoms with Crippen LogP contribution >= 0.6 is 0 Å². The molecule has 6 heteroatoms. The van der Waals surface area contributed by atoms with Crippen molar-refractivity contribution in [1.82, 2.24) is 29.9 Å². The zero-order valence-corrected chi connectivity index (χ0v) is 11.5. The number of nitrogens with zero attached hydrogens (tertiary/aromatic N) is 5. The molecule has 0 unspecified atom stereocenters. The van der Waals surface area contributed by atoms with E-state index in [9.17, 15) is 0 Å². The van der Waals surface area contributed by atoms with Crippen LogP contribution in [0.15, 0.2) is 30.9 Å². The molecule has 0 aliphatic rings. The highest BCUT2D eigenvalue weighted by atomic mass is 15.2. The van der Waals surface area contributed by atoms with Crippen LogP contribution in [0.1, 0.15) is 22.6 Å². The van der Waals surface area contributed by atoms with Gasteiger partial charge in [0.05, 0.1) is 17.1 Å². The van der Waals surface area contributed by atoms with E-state index in [-0.39, 0.29) is 0 Å². The molecule has 0 saturated carbocycles. The van der Waals surface area contributed by atoms with E-state index in [1.54, 1.807) is 16.9 Å². The Morgan fingerprint density at radius 3 is 2.70 bits per heavy atom. The zero-order valence-electron chi connectivity index (χ0n) is 11.5. The average Bonchev–Trinajstić information content (AvgIpc) is 2.80. The number of rotatable bonds is 4. The molecule has 6 nitrogen and oxygen atoms in total. The van der Waals surface area contributed by atoms with Crippen LogP contribution < -0.4 is 5.32 Å². The number of hydrogen-bond donors (Lipinski definition) is 1. The highest BCUT2D eigenvalue weighted by Gasteiger charge is 2.01. The fraction of sp³-hybridized carbons (Fsp3) is 0.286. The van der Waals surface area contributed by atoms with Crippen LogP contribution in [-0.4, -0.2) is 24.6 Å². The normalized spacial score (nSPS) is 11.1. The highest BCUT2D eigenvalue weighted by molar-refractivity contribution is 5.38. The molecule has 3 heterocycles. The zero-order chi connectivity index (χ0) is 13.9. The van der Waals surface area contributed by atoms with Crippen LogP contribution in [-0.2, 0) is 13.1 Å². The monoisotopic (exact) mass is 268 g/mol. The second kappa shape index (κ2) is 5.34. The molecule has 0 aliphatic heterocycles. The Bertz CT molecular complexity index is 716. The smallest absolute Gasteiger partial charge is 0.155 e. The van der Waals surface area contributed by atoms with E-state index in [1.807, 2.05) is 32.3 Å². The van der Waals surface area contributed by atoms with Crippen LogP contribution in [0.4, 0.5) is 0 Å². The minimum atomic E-state index is 0.684. The van der Waals surface area contributed by atoms with Gasteiger partial charge in [0.2, 0.25) is 0 Å². The Labute approximate surface area is 116 Å². The molecule has 3 rings (SSSR count). The summed E-state index contributed by atoms with van der Waals surface area (Å²) < 4.78 is 1.80. The van der Waals surface area contributed by atoms with Crippen molar-refractivity contribution in [1.29, 1.82) is 0 Å². The molecule has 3 aromatic heterocycles. The van der Waals surface area contributed by atoms with Gasteiger partial charge in [0, 0.05) is 49.5 Å². The fourth-order valence-electron chi connectivity index (χ4n) is 1.97. The van der Waals surface area contributed by atoms with Crippen LogP contribution in [0.25, 0.3) is 5.65 Å². The Morgan fingerprint density at radius 2 is 1.90 bits per heavy atom. The Morgan fingerprint density at radius 1 is 1.00 bits per heavy atom. The Hall–Kier alpha value is -2.34. The summed E-state index contributed by atoms with van der Waals surface area (Å²) in [5.74, 6) is 0. The van der Waals surface area contributed by atoms with Gasteiger partial charge in [-0.3, -0.25) is 9.97 Å². The van der Waals surface area contributed by atoms with Gasteiger partial charge < -0.3 is 5.32 Å². The maximum absolute atomic E-state index is 4.37. The first kappa shape index (κ1) is 12.7. The van der Waals surface area contributed by atoms with Gasteiger partial charge in [-0.05, 0) is 13.8 Å². The fourth-order valence-corrected chi connectivity index (χ4v) is 1.97. The van der Waals surface area contributed by atoms with E-state index in [1.165, 1.54) is 0 Å². The van der Waals surface area contributed by atoms with Gasteiger partial charge in [-0.15, -0.1) is 0 Å². The summed E-state index contributed by atoms with van der Waals surface area (Å²) in [6, 6.07) is 1.96. The number of nitrogens with one attached hydrogen (secondary N) is 1. The highest BCUT2D eigenvalue weighted by Crippen LogP contribution is 2.04. The van der Waals surface area contributed by atoms with Crippen molar-refractivity contribution in [2.45, 2.75) is 26.9 Å². The van der Waals surface area contributed by atoms with Gasteiger partial charge in [0.25, 0.3) is 0 Å². The molecule has 0 aromatic carbocycles. The maximum Gasteiger partial charge on any atom is 0.155 e. The summed E-state index contributed by atoms with van der Waals surface area (Å²) in [6.45, 7) is 5.29. The molecule has 0 amide bonds. The summed E-state index contributed by atoms with van der Waals surface area (Å²) in [4.78, 5) is 12.9. The van der Waals surface area contributed by atoms with Crippen LogP contribution in [0.2, 0.25) is 0 Å². The third kappa shape index (κ3) is 2.80. The van der Waals surface area contributed by atoms with E-state index in [2.05, 4.69) is 25.4 Å². The van der Waals surface area contributed by atoms with Gasteiger partial charge in [-0.1, -0.05) is 0 Å². The summed E-state index contributed by atoms with van der Waals surface area (Å²) >= 11 is 0. The minimum Gasteiger partial charge on any atom is -0.307 e. The van der Waals surface area contributed by atoms with E-state index in [0.29, 0.717) is 6.54 Å². The summed E-state index contributed by atoms with van der Waals surface area (Å²) in [5, 5.41) is 7.68. The Kier molecular flexibility index (Phi) is 3.39. The minimum absolute atomic E-state index is 0.684. The van der Waals surface area contributed by atoms with Gasteiger partial charge >= 0.3 is 0 Å². The predicted octanol–water partition coefficient (Wildman–Crippen LogP) is 1.43. The van der Waals surface area contributed by atoms with E-state index in [0.717, 1.165) is 34.8 Å².